The zero-order valence-electron chi connectivity index (χ0n) is 10.0. The van der Waals surface area contributed by atoms with Crippen molar-refractivity contribution < 1.29 is 9.50 Å². The summed E-state index contributed by atoms with van der Waals surface area (Å²) in [6.45, 7) is 5.61. The monoisotopic (exact) mass is 279 g/mol. The Hall–Kier alpha value is -0.350. The molecular formula is C12H16Cl2FNO. The highest BCUT2D eigenvalue weighted by molar-refractivity contribution is 6.35. The fourth-order valence-corrected chi connectivity index (χ4v) is 1.93. The van der Waals surface area contributed by atoms with Gasteiger partial charge in [-0.1, -0.05) is 23.2 Å². The Morgan fingerprint density at radius 3 is 2.47 bits per heavy atom. The van der Waals surface area contributed by atoms with Gasteiger partial charge in [-0.3, -0.25) is 0 Å². The molecule has 1 atom stereocenters. The molecule has 0 saturated heterocycles. The summed E-state index contributed by atoms with van der Waals surface area (Å²) < 4.78 is 13.3. The molecule has 0 bridgehead atoms. The van der Waals surface area contributed by atoms with Gasteiger partial charge in [0.15, 0.2) is 0 Å². The first-order valence-corrected chi connectivity index (χ1v) is 6.06. The lowest BCUT2D eigenvalue weighted by atomic mass is 10.1. The van der Waals surface area contributed by atoms with E-state index in [0.717, 1.165) is 0 Å². The topological polar surface area (TPSA) is 32.3 Å². The summed E-state index contributed by atoms with van der Waals surface area (Å²) in [7, 11) is 0. The zero-order valence-corrected chi connectivity index (χ0v) is 11.5. The number of hydrogen-bond donors (Lipinski definition) is 2. The second-order valence-corrected chi connectivity index (χ2v) is 5.52. The quantitative estimate of drug-likeness (QED) is 0.827. The Morgan fingerprint density at radius 2 is 1.94 bits per heavy atom. The summed E-state index contributed by atoms with van der Waals surface area (Å²) in [6, 6.07) is 2.53. The minimum atomic E-state index is -0.828. The molecule has 17 heavy (non-hydrogen) atoms. The Kier molecular flexibility index (Phi) is 4.78. The molecule has 0 radical (unpaired) electrons. The second kappa shape index (κ2) is 5.53. The largest absolute Gasteiger partial charge is 0.389 e. The van der Waals surface area contributed by atoms with Gasteiger partial charge in [-0.05, 0) is 38.5 Å². The third-order valence-electron chi connectivity index (χ3n) is 2.35. The molecule has 0 aliphatic rings. The molecule has 1 unspecified atom stereocenters. The van der Waals surface area contributed by atoms with E-state index in [4.69, 9.17) is 23.2 Å². The van der Waals surface area contributed by atoms with E-state index in [1.54, 1.807) is 13.8 Å². The summed E-state index contributed by atoms with van der Waals surface area (Å²) in [5.74, 6) is -0.497. The van der Waals surface area contributed by atoms with Gasteiger partial charge in [0, 0.05) is 17.6 Å². The minimum Gasteiger partial charge on any atom is -0.389 e. The van der Waals surface area contributed by atoms with E-state index in [-0.39, 0.29) is 11.1 Å². The van der Waals surface area contributed by atoms with Gasteiger partial charge in [0.2, 0.25) is 0 Å². The van der Waals surface area contributed by atoms with Gasteiger partial charge < -0.3 is 10.4 Å². The van der Waals surface area contributed by atoms with Crippen LogP contribution in [0, 0.1) is 5.82 Å². The Labute approximate surface area is 111 Å². The molecule has 0 heterocycles. The first-order valence-electron chi connectivity index (χ1n) is 5.31. The predicted octanol–water partition coefficient (Wildman–Crippen LogP) is 3.55. The van der Waals surface area contributed by atoms with Crippen molar-refractivity contribution in [3.05, 3.63) is 33.6 Å². The Balaban J connectivity index is 2.82. The van der Waals surface area contributed by atoms with Gasteiger partial charge >= 0.3 is 0 Å². The van der Waals surface area contributed by atoms with Crippen LogP contribution in [-0.4, -0.2) is 17.3 Å². The maximum absolute atomic E-state index is 13.3. The molecule has 5 heteroatoms. The Morgan fingerprint density at radius 1 is 1.35 bits per heavy atom. The molecule has 1 aromatic rings. The minimum absolute atomic E-state index is 0.00781. The van der Waals surface area contributed by atoms with E-state index in [1.165, 1.54) is 12.1 Å². The van der Waals surface area contributed by atoms with E-state index in [0.29, 0.717) is 17.1 Å². The van der Waals surface area contributed by atoms with Crippen LogP contribution in [0.3, 0.4) is 0 Å². The number of hydrogen-bond acceptors (Lipinski definition) is 2. The second-order valence-electron chi connectivity index (χ2n) is 4.70. The maximum Gasteiger partial charge on any atom is 0.142 e. The van der Waals surface area contributed by atoms with Crippen LogP contribution < -0.4 is 5.32 Å². The average molecular weight is 280 g/mol. The van der Waals surface area contributed by atoms with Crippen molar-refractivity contribution in [3.8, 4) is 0 Å². The zero-order chi connectivity index (χ0) is 13.2. The summed E-state index contributed by atoms with van der Waals surface area (Å²) in [6.07, 6.45) is 0. The predicted molar refractivity (Wildman–Crippen MR) is 69.1 cm³/mol. The van der Waals surface area contributed by atoms with Gasteiger partial charge in [0.05, 0.1) is 10.6 Å². The first-order chi connectivity index (χ1) is 7.70. The van der Waals surface area contributed by atoms with Crippen molar-refractivity contribution in [2.45, 2.75) is 32.4 Å². The van der Waals surface area contributed by atoms with Crippen molar-refractivity contribution in [1.82, 2.24) is 5.32 Å². The molecule has 0 aromatic heterocycles. The van der Waals surface area contributed by atoms with Gasteiger partial charge in [-0.2, -0.15) is 0 Å². The number of nitrogens with one attached hydrogen (secondary N) is 1. The number of aliphatic hydroxyl groups is 1. The van der Waals surface area contributed by atoms with Crippen LogP contribution in [0.15, 0.2) is 12.1 Å². The van der Waals surface area contributed by atoms with E-state index in [9.17, 15) is 9.50 Å². The molecule has 2 nitrogen and oxygen atoms in total. The lowest BCUT2D eigenvalue weighted by molar-refractivity contribution is 0.0770. The van der Waals surface area contributed by atoms with Gasteiger partial charge in [-0.15, -0.1) is 0 Å². The van der Waals surface area contributed by atoms with Crippen molar-refractivity contribution in [2.75, 3.05) is 6.54 Å². The number of benzene rings is 1. The highest BCUT2D eigenvalue weighted by atomic mass is 35.5. The summed E-state index contributed by atoms with van der Waals surface area (Å²) in [5, 5.41) is 13.1. The molecule has 0 fully saturated rings. The molecule has 0 saturated carbocycles. The summed E-state index contributed by atoms with van der Waals surface area (Å²) >= 11 is 11.6. The lowest BCUT2D eigenvalue weighted by Gasteiger charge is -2.22. The third kappa shape index (κ3) is 4.43. The van der Waals surface area contributed by atoms with Crippen LogP contribution >= 0.6 is 23.2 Å². The SMILES string of the molecule is CC(NCC(C)(C)O)c1cc(F)c(Cl)cc1Cl. The fraction of sp³-hybridized carbons (Fsp3) is 0.500. The number of rotatable bonds is 4. The standard InChI is InChI=1S/C12H16Cl2FNO/c1-7(16-6-12(2,3)17)8-4-11(15)10(14)5-9(8)13/h4-5,7,16-17H,6H2,1-3H3. The van der Waals surface area contributed by atoms with Crippen LogP contribution in [0.4, 0.5) is 4.39 Å². The number of halogens is 3. The molecule has 96 valence electrons. The van der Waals surface area contributed by atoms with E-state index in [1.807, 2.05) is 6.92 Å². The van der Waals surface area contributed by atoms with Crippen molar-refractivity contribution in [1.29, 1.82) is 0 Å². The van der Waals surface area contributed by atoms with E-state index in [2.05, 4.69) is 5.32 Å². The van der Waals surface area contributed by atoms with Crippen LogP contribution in [0.2, 0.25) is 10.0 Å². The lowest BCUT2D eigenvalue weighted by Crippen LogP contribution is -2.36. The maximum atomic E-state index is 13.3. The van der Waals surface area contributed by atoms with Gasteiger partial charge in [0.1, 0.15) is 5.82 Å². The molecule has 0 aliphatic heterocycles. The van der Waals surface area contributed by atoms with E-state index >= 15 is 0 Å². The smallest absolute Gasteiger partial charge is 0.142 e. The van der Waals surface area contributed by atoms with Crippen molar-refractivity contribution in [3.63, 3.8) is 0 Å². The summed E-state index contributed by atoms with van der Waals surface area (Å²) in [5.41, 5.74) is -0.205. The van der Waals surface area contributed by atoms with Crippen LogP contribution in [-0.2, 0) is 0 Å². The normalized spacial score (nSPS) is 13.8. The highest BCUT2D eigenvalue weighted by Gasteiger charge is 2.17. The molecule has 1 rings (SSSR count). The average Bonchev–Trinajstić information content (AvgIpc) is 2.19. The van der Waals surface area contributed by atoms with Crippen LogP contribution in [0.5, 0.6) is 0 Å². The molecule has 2 N–H and O–H groups in total. The van der Waals surface area contributed by atoms with Crippen molar-refractivity contribution in [2.24, 2.45) is 0 Å². The first kappa shape index (κ1) is 14.7. The highest BCUT2D eigenvalue weighted by Crippen LogP contribution is 2.28. The Bertz CT molecular complexity index is 404. The molecule has 0 aliphatic carbocycles. The molecule has 0 amide bonds. The third-order valence-corrected chi connectivity index (χ3v) is 2.96. The fourth-order valence-electron chi connectivity index (χ4n) is 1.38. The molecule has 0 spiro atoms. The van der Waals surface area contributed by atoms with Gasteiger partial charge in [0.25, 0.3) is 0 Å². The van der Waals surface area contributed by atoms with Crippen molar-refractivity contribution >= 4 is 23.2 Å². The molecular weight excluding hydrogens is 264 g/mol. The van der Waals surface area contributed by atoms with E-state index < -0.39 is 11.4 Å². The van der Waals surface area contributed by atoms with Crippen LogP contribution in [0.1, 0.15) is 32.4 Å². The summed E-state index contributed by atoms with van der Waals surface area (Å²) in [4.78, 5) is 0. The molecule has 1 aromatic carbocycles. The van der Waals surface area contributed by atoms with Crippen LogP contribution in [0.25, 0.3) is 0 Å². The van der Waals surface area contributed by atoms with Gasteiger partial charge in [-0.25, -0.2) is 4.39 Å².